The zero-order valence-corrected chi connectivity index (χ0v) is 10.6. The van der Waals surface area contributed by atoms with Crippen LogP contribution in [0.5, 0.6) is 0 Å². The highest BCUT2D eigenvalue weighted by Gasteiger charge is 2.09. The highest BCUT2D eigenvalue weighted by Crippen LogP contribution is 2.10. The third kappa shape index (κ3) is 2.73. The van der Waals surface area contributed by atoms with Gasteiger partial charge in [0, 0.05) is 26.0 Å². The van der Waals surface area contributed by atoms with Gasteiger partial charge in [0.2, 0.25) is 11.9 Å². The van der Waals surface area contributed by atoms with Crippen molar-refractivity contribution in [3.8, 4) is 5.95 Å². The van der Waals surface area contributed by atoms with Gasteiger partial charge in [0.25, 0.3) is 5.95 Å². The lowest BCUT2D eigenvalue weighted by atomic mass is 10.3. The molecule has 0 unspecified atom stereocenters. The first-order valence-electron chi connectivity index (χ1n) is 5.93. The molecule has 0 aliphatic carbocycles. The lowest BCUT2D eigenvalue weighted by Gasteiger charge is -2.16. The van der Waals surface area contributed by atoms with Crippen molar-refractivity contribution < 1.29 is 0 Å². The van der Waals surface area contributed by atoms with Gasteiger partial charge in [-0.1, -0.05) is 13.3 Å². The molecule has 0 saturated carbocycles. The highest BCUT2D eigenvalue weighted by atomic mass is 15.4. The molecule has 7 nitrogen and oxygen atoms in total. The summed E-state index contributed by atoms with van der Waals surface area (Å²) in [6.07, 6.45) is 5.64. The quantitative estimate of drug-likeness (QED) is 0.844. The number of nitrogens with zero attached hydrogens (tertiary/aromatic N) is 6. The third-order valence-corrected chi connectivity index (χ3v) is 2.53. The molecule has 96 valence electrons. The lowest BCUT2D eigenvalue weighted by molar-refractivity contribution is 0.734. The van der Waals surface area contributed by atoms with Gasteiger partial charge in [0.1, 0.15) is 0 Å². The van der Waals surface area contributed by atoms with Gasteiger partial charge in [-0.2, -0.15) is 20.1 Å². The summed E-state index contributed by atoms with van der Waals surface area (Å²) in [6, 6.07) is 1.81. The summed E-state index contributed by atoms with van der Waals surface area (Å²) in [5, 5.41) is 4.08. The van der Waals surface area contributed by atoms with E-state index in [4.69, 9.17) is 5.73 Å². The van der Waals surface area contributed by atoms with E-state index < -0.39 is 0 Å². The zero-order valence-electron chi connectivity index (χ0n) is 10.6. The molecule has 0 saturated heterocycles. The summed E-state index contributed by atoms with van der Waals surface area (Å²) in [5.74, 6) is 1.21. The van der Waals surface area contributed by atoms with Crippen LogP contribution in [0.4, 0.5) is 11.9 Å². The fraction of sp³-hybridized carbons (Fsp3) is 0.455. The van der Waals surface area contributed by atoms with Crippen molar-refractivity contribution in [2.45, 2.75) is 19.8 Å². The molecule has 7 heteroatoms. The Kier molecular flexibility index (Phi) is 3.71. The van der Waals surface area contributed by atoms with Crippen LogP contribution in [0.25, 0.3) is 5.95 Å². The third-order valence-electron chi connectivity index (χ3n) is 2.53. The van der Waals surface area contributed by atoms with Crippen LogP contribution < -0.4 is 10.6 Å². The number of rotatable bonds is 5. The molecule has 18 heavy (non-hydrogen) atoms. The van der Waals surface area contributed by atoms with Crippen molar-refractivity contribution in [3.05, 3.63) is 18.5 Å². The Labute approximate surface area is 106 Å². The van der Waals surface area contributed by atoms with Crippen molar-refractivity contribution in [3.63, 3.8) is 0 Å². The SMILES string of the molecule is CCCCN(C)c1nc(N)nc(-n2cccn2)n1. The van der Waals surface area contributed by atoms with E-state index in [-0.39, 0.29) is 5.95 Å². The Hall–Kier alpha value is -2.18. The highest BCUT2D eigenvalue weighted by molar-refractivity contribution is 5.36. The molecule has 2 aromatic heterocycles. The molecule has 0 aromatic carbocycles. The predicted octanol–water partition coefficient (Wildman–Crippen LogP) is 0.876. The maximum atomic E-state index is 5.70. The molecule has 0 bridgehead atoms. The molecule has 2 N–H and O–H groups in total. The molecular weight excluding hydrogens is 230 g/mol. The van der Waals surface area contributed by atoms with Gasteiger partial charge in [-0.3, -0.25) is 0 Å². The predicted molar refractivity (Wildman–Crippen MR) is 69.5 cm³/mol. The molecule has 2 aromatic rings. The van der Waals surface area contributed by atoms with E-state index in [1.165, 1.54) is 0 Å². The van der Waals surface area contributed by atoms with Crippen LogP contribution in [0.3, 0.4) is 0 Å². The molecule has 0 amide bonds. The minimum Gasteiger partial charge on any atom is -0.368 e. The van der Waals surface area contributed by atoms with Gasteiger partial charge in [0.05, 0.1) is 0 Å². The number of anilines is 2. The van der Waals surface area contributed by atoms with Crippen LogP contribution in [-0.2, 0) is 0 Å². The normalized spacial score (nSPS) is 10.6. The van der Waals surface area contributed by atoms with Crippen LogP contribution in [-0.4, -0.2) is 38.3 Å². The number of nitrogen functional groups attached to an aromatic ring is 1. The lowest BCUT2D eigenvalue weighted by Crippen LogP contribution is -2.22. The average molecular weight is 247 g/mol. The summed E-state index contributed by atoms with van der Waals surface area (Å²) >= 11 is 0. The summed E-state index contributed by atoms with van der Waals surface area (Å²) in [5.41, 5.74) is 5.70. The number of nitrogens with two attached hydrogens (primary N) is 1. The first-order chi connectivity index (χ1) is 8.70. The molecule has 2 rings (SSSR count). The molecule has 2 heterocycles. The molecular formula is C11H17N7. The number of hydrogen-bond donors (Lipinski definition) is 1. The van der Waals surface area contributed by atoms with Crippen molar-refractivity contribution in [1.29, 1.82) is 0 Å². The van der Waals surface area contributed by atoms with Gasteiger partial charge in [0.15, 0.2) is 0 Å². The second-order valence-corrected chi connectivity index (χ2v) is 4.02. The van der Waals surface area contributed by atoms with Gasteiger partial charge in [-0.15, -0.1) is 0 Å². The van der Waals surface area contributed by atoms with Gasteiger partial charge in [-0.05, 0) is 12.5 Å². The summed E-state index contributed by atoms with van der Waals surface area (Å²) in [7, 11) is 1.94. The monoisotopic (exact) mass is 247 g/mol. The standard InChI is InChI=1S/C11H17N7/c1-3-4-7-17(2)10-14-9(12)15-11(16-10)18-8-5-6-13-18/h5-6,8H,3-4,7H2,1-2H3,(H2,12,14,15,16). The molecule has 0 aliphatic rings. The largest absolute Gasteiger partial charge is 0.368 e. The van der Waals surface area contributed by atoms with Crippen molar-refractivity contribution in [1.82, 2.24) is 24.7 Å². The van der Waals surface area contributed by atoms with E-state index in [2.05, 4.69) is 27.0 Å². The fourth-order valence-corrected chi connectivity index (χ4v) is 1.52. The first kappa shape index (κ1) is 12.3. The van der Waals surface area contributed by atoms with E-state index in [1.54, 1.807) is 23.1 Å². The number of unbranched alkanes of at least 4 members (excludes halogenated alkanes) is 1. The van der Waals surface area contributed by atoms with Gasteiger partial charge >= 0.3 is 0 Å². The molecule has 0 radical (unpaired) electrons. The van der Waals surface area contributed by atoms with Crippen LogP contribution >= 0.6 is 0 Å². The Balaban J connectivity index is 2.26. The zero-order chi connectivity index (χ0) is 13.0. The van der Waals surface area contributed by atoms with E-state index in [9.17, 15) is 0 Å². The topological polar surface area (TPSA) is 85.8 Å². The number of aromatic nitrogens is 5. The van der Waals surface area contributed by atoms with E-state index in [0.29, 0.717) is 11.9 Å². The first-order valence-corrected chi connectivity index (χ1v) is 5.93. The Morgan fingerprint density at radius 2 is 2.17 bits per heavy atom. The number of hydrogen-bond acceptors (Lipinski definition) is 6. The van der Waals surface area contributed by atoms with E-state index >= 15 is 0 Å². The Bertz CT molecular complexity index is 494. The minimum absolute atomic E-state index is 0.203. The average Bonchev–Trinajstić information content (AvgIpc) is 2.89. The fourth-order valence-electron chi connectivity index (χ4n) is 1.52. The molecule has 0 spiro atoms. The van der Waals surface area contributed by atoms with E-state index in [1.807, 2.05) is 11.9 Å². The van der Waals surface area contributed by atoms with Crippen LogP contribution in [0.1, 0.15) is 19.8 Å². The smallest absolute Gasteiger partial charge is 0.257 e. The van der Waals surface area contributed by atoms with Crippen molar-refractivity contribution in [2.75, 3.05) is 24.2 Å². The molecule has 0 aliphatic heterocycles. The Morgan fingerprint density at radius 3 is 2.83 bits per heavy atom. The maximum absolute atomic E-state index is 5.70. The van der Waals surface area contributed by atoms with Gasteiger partial charge < -0.3 is 10.6 Å². The molecule has 0 fully saturated rings. The molecule has 0 atom stereocenters. The second-order valence-electron chi connectivity index (χ2n) is 4.02. The Morgan fingerprint density at radius 1 is 1.33 bits per heavy atom. The maximum Gasteiger partial charge on any atom is 0.257 e. The second kappa shape index (κ2) is 5.44. The van der Waals surface area contributed by atoms with Crippen LogP contribution in [0.15, 0.2) is 18.5 Å². The van der Waals surface area contributed by atoms with E-state index in [0.717, 1.165) is 19.4 Å². The summed E-state index contributed by atoms with van der Waals surface area (Å²) in [6.45, 7) is 3.03. The van der Waals surface area contributed by atoms with Gasteiger partial charge in [-0.25, -0.2) is 4.68 Å². The van der Waals surface area contributed by atoms with Crippen molar-refractivity contribution in [2.24, 2.45) is 0 Å². The van der Waals surface area contributed by atoms with Crippen LogP contribution in [0.2, 0.25) is 0 Å². The summed E-state index contributed by atoms with van der Waals surface area (Å²) in [4.78, 5) is 14.5. The summed E-state index contributed by atoms with van der Waals surface area (Å²) < 4.78 is 1.56. The van der Waals surface area contributed by atoms with Crippen LogP contribution in [0, 0.1) is 0 Å². The van der Waals surface area contributed by atoms with Crippen molar-refractivity contribution >= 4 is 11.9 Å². The minimum atomic E-state index is 0.203.